The van der Waals surface area contributed by atoms with E-state index >= 15 is 0 Å². The second-order valence-corrected chi connectivity index (χ2v) is 6.83. The van der Waals surface area contributed by atoms with E-state index in [2.05, 4.69) is 10.4 Å². The topological polar surface area (TPSA) is 46.9 Å². The van der Waals surface area contributed by atoms with E-state index in [1.54, 1.807) is 23.0 Å². The van der Waals surface area contributed by atoms with Gasteiger partial charge in [-0.05, 0) is 49.9 Å². The molecule has 0 radical (unpaired) electrons. The van der Waals surface area contributed by atoms with Crippen molar-refractivity contribution in [2.24, 2.45) is 5.92 Å². The van der Waals surface area contributed by atoms with Gasteiger partial charge in [0.25, 0.3) is 5.91 Å². The average molecular weight is 349 g/mol. The molecule has 0 aliphatic heterocycles. The minimum absolute atomic E-state index is 0.124. The number of nitrogens with one attached hydrogen (secondary N) is 1. The van der Waals surface area contributed by atoms with Crippen LogP contribution in [0.4, 0.5) is 4.39 Å². The first-order chi connectivity index (χ1) is 12.6. The highest BCUT2D eigenvalue weighted by atomic mass is 19.1. The summed E-state index contributed by atoms with van der Waals surface area (Å²) in [6.45, 7) is 2.72. The van der Waals surface area contributed by atoms with E-state index in [1.165, 1.54) is 25.0 Å². The maximum absolute atomic E-state index is 13.2. The monoisotopic (exact) mass is 349 g/mol. The number of benzene rings is 2. The summed E-state index contributed by atoms with van der Waals surface area (Å²) in [7, 11) is 0. The predicted molar refractivity (Wildman–Crippen MR) is 98.8 cm³/mol. The number of rotatable bonds is 5. The van der Waals surface area contributed by atoms with E-state index in [1.807, 2.05) is 31.2 Å². The summed E-state index contributed by atoms with van der Waals surface area (Å²) in [6.07, 6.45) is 4.07. The van der Waals surface area contributed by atoms with Crippen molar-refractivity contribution < 1.29 is 9.18 Å². The van der Waals surface area contributed by atoms with Crippen LogP contribution in [0.5, 0.6) is 0 Å². The van der Waals surface area contributed by atoms with Gasteiger partial charge in [-0.2, -0.15) is 5.10 Å². The van der Waals surface area contributed by atoms with E-state index in [9.17, 15) is 9.18 Å². The Hall–Kier alpha value is -2.95. The Kier molecular flexibility index (Phi) is 4.29. The SMILES string of the molecule is Cc1ccc(-c2nn(-c3ccc(F)cc3)cc2C(=O)NCC2CC2)cc1. The lowest BCUT2D eigenvalue weighted by Crippen LogP contribution is -2.25. The second-order valence-electron chi connectivity index (χ2n) is 6.83. The third-order valence-corrected chi connectivity index (χ3v) is 4.62. The molecular formula is C21H20FN3O. The van der Waals surface area contributed by atoms with Crippen LogP contribution in [0.2, 0.25) is 0 Å². The van der Waals surface area contributed by atoms with Crippen LogP contribution < -0.4 is 5.32 Å². The van der Waals surface area contributed by atoms with Crippen LogP contribution in [0.3, 0.4) is 0 Å². The fraction of sp³-hybridized carbons (Fsp3) is 0.238. The molecule has 26 heavy (non-hydrogen) atoms. The van der Waals surface area contributed by atoms with Crippen molar-refractivity contribution in [3.05, 3.63) is 71.7 Å². The quantitative estimate of drug-likeness (QED) is 0.753. The van der Waals surface area contributed by atoms with Gasteiger partial charge in [0.2, 0.25) is 0 Å². The van der Waals surface area contributed by atoms with Gasteiger partial charge in [0.15, 0.2) is 0 Å². The van der Waals surface area contributed by atoms with Crippen LogP contribution >= 0.6 is 0 Å². The van der Waals surface area contributed by atoms with Crippen LogP contribution in [-0.4, -0.2) is 22.2 Å². The smallest absolute Gasteiger partial charge is 0.255 e. The minimum atomic E-state index is -0.304. The summed E-state index contributed by atoms with van der Waals surface area (Å²) in [6, 6.07) is 14.0. The molecule has 1 N–H and O–H groups in total. The summed E-state index contributed by atoms with van der Waals surface area (Å²) in [5.74, 6) is 0.178. The number of carbonyl (C=O) groups excluding carboxylic acids is 1. The van der Waals surface area contributed by atoms with Gasteiger partial charge in [0.1, 0.15) is 11.5 Å². The normalized spacial score (nSPS) is 13.6. The average Bonchev–Trinajstić information content (AvgIpc) is 3.37. The van der Waals surface area contributed by atoms with E-state index in [0.717, 1.165) is 11.1 Å². The van der Waals surface area contributed by atoms with Crippen molar-refractivity contribution in [1.29, 1.82) is 0 Å². The molecule has 1 fully saturated rings. The molecule has 5 heteroatoms. The molecule has 0 unspecified atom stereocenters. The molecule has 1 aliphatic carbocycles. The number of halogens is 1. The number of carbonyl (C=O) groups is 1. The van der Waals surface area contributed by atoms with Crippen LogP contribution in [0.25, 0.3) is 16.9 Å². The number of aromatic nitrogens is 2. The Morgan fingerprint density at radius 1 is 1.15 bits per heavy atom. The first-order valence-electron chi connectivity index (χ1n) is 8.81. The van der Waals surface area contributed by atoms with Gasteiger partial charge in [0, 0.05) is 18.3 Å². The van der Waals surface area contributed by atoms with Crippen molar-refractivity contribution in [1.82, 2.24) is 15.1 Å². The lowest BCUT2D eigenvalue weighted by Gasteiger charge is -2.04. The third-order valence-electron chi connectivity index (χ3n) is 4.62. The zero-order valence-electron chi connectivity index (χ0n) is 14.6. The molecule has 0 atom stereocenters. The molecule has 1 heterocycles. The Morgan fingerprint density at radius 3 is 2.50 bits per heavy atom. The van der Waals surface area contributed by atoms with E-state index in [0.29, 0.717) is 29.4 Å². The third kappa shape index (κ3) is 3.52. The maximum atomic E-state index is 13.2. The molecule has 0 bridgehead atoms. The van der Waals surface area contributed by atoms with E-state index in [4.69, 9.17) is 0 Å². The predicted octanol–water partition coefficient (Wildman–Crippen LogP) is 4.13. The summed E-state index contributed by atoms with van der Waals surface area (Å²) in [5, 5.41) is 7.61. The zero-order valence-corrected chi connectivity index (χ0v) is 14.6. The van der Waals surface area contributed by atoms with E-state index < -0.39 is 0 Å². The fourth-order valence-electron chi connectivity index (χ4n) is 2.85. The summed E-state index contributed by atoms with van der Waals surface area (Å²) in [5.41, 5.74) is 3.89. The molecule has 1 aliphatic rings. The van der Waals surface area contributed by atoms with Gasteiger partial charge in [-0.15, -0.1) is 0 Å². The maximum Gasteiger partial charge on any atom is 0.255 e. The minimum Gasteiger partial charge on any atom is -0.352 e. The second kappa shape index (κ2) is 6.75. The molecule has 0 saturated heterocycles. The van der Waals surface area contributed by atoms with Gasteiger partial charge in [-0.25, -0.2) is 9.07 Å². The van der Waals surface area contributed by atoms with Crippen molar-refractivity contribution in [2.45, 2.75) is 19.8 Å². The Morgan fingerprint density at radius 2 is 1.85 bits per heavy atom. The molecule has 132 valence electrons. The molecule has 0 spiro atoms. The first kappa shape index (κ1) is 16.5. The van der Waals surface area contributed by atoms with Gasteiger partial charge >= 0.3 is 0 Å². The van der Waals surface area contributed by atoms with Crippen LogP contribution in [0.1, 0.15) is 28.8 Å². The number of hydrogen-bond donors (Lipinski definition) is 1. The molecule has 4 nitrogen and oxygen atoms in total. The molecule has 4 rings (SSSR count). The Bertz CT molecular complexity index is 925. The largest absolute Gasteiger partial charge is 0.352 e. The van der Waals surface area contributed by atoms with E-state index in [-0.39, 0.29) is 11.7 Å². The highest BCUT2D eigenvalue weighted by Crippen LogP contribution is 2.28. The van der Waals surface area contributed by atoms with Crippen LogP contribution in [0, 0.1) is 18.7 Å². The van der Waals surface area contributed by atoms with Crippen molar-refractivity contribution in [2.75, 3.05) is 6.54 Å². The summed E-state index contributed by atoms with van der Waals surface area (Å²) >= 11 is 0. The number of nitrogens with zero attached hydrogens (tertiary/aromatic N) is 2. The molecular weight excluding hydrogens is 329 g/mol. The lowest BCUT2D eigenvalue weighted by molar-refractivity contribution is 0.0952. The Balaban J connectivity index is 1.72. The first-order valence-corrected chi connectivity index (χ1v) is 8.81. The van der Waals surface area contributed by atoms with Gasteiger partial charge in [0.05, 0.1) is 11.3 Å². The molecule has 2 aromatic carbocycles. The molecule has 3 aromatic rings. The highest BCUT2D eigenvalue weighted by molar-refractivity contribution is 6.00. The molecule has 1 saturated carbocycles. The highest BCUT2D eigenvalue weighted by Gasteiger charge is 2.24. The fourth-order valence-corrected chi connectivity index (χ4v) is 2.85. The van der Waals surface area contributed by atoms with Crippen molar-refractivity contribution >= 4 is 5.91 Å². The lowest BCUT2D eigenvalue weighted by atomic mass is 10.1. The van der Waals surface area contributed by atoms with Crippen molar-refractivity contribution in [3.8, 4) is 16.9 Å². The van der Waals surface area contributed by atoms with Gasteiger partial charge < -0.3 is 5.32 Å². The molecule has 1 amide bonds. The summed E-state index contributed by atoms with van der Waals surface area (Å²) < 4.78 is 14.8. The van der Waals surface area contributed by atoms with Crippen molar-refractivity contribution in [3.63, 3.8) is 0 Å². The zero-order chi connectivity index (χ0) is 18.1. The van der Waals surface area contributed by atoms with Gasteiger partial charge in [-0.3, -0.25) is 4.79 Å². The number of aryl methyl sites for hydroxylation is 1. The number of hydrogen-bond acceptors (Lipinski definition) is 2. The van der Waals surface area contributed by atoms with Crippen LogP contribution in [-0.2, 0) is 0 Å². The Labute approximate surface area is 151 Å². The van der Waals surface area contributed by atoms with Crippen LogP contribution in [0.15, 0.2) is 54.7 Å². The molecule has 1 aromatic heterocycles. The summed E-state index contributed by atoms with van der Waals surface area (Å²) in [4.78, 5) is 12.7. The van der Waals surface area contributed by atoms with Gasteiger partial charge in [-0.1, -0.05) is 29.8 Å². The number of amides is 1. The standard InChI is InChI=1S/C21H20FN3O/c1-14-2-6-16(7-3-14)20-19(21(26)23-12-15-4-5-15)13-25(24-20)18-10-8-17(22)9-11-18/h2-3,6-11,13,15H,4-5,12H2,1H3,(H,23,26).